The van der Waals surface area contributed by atoms with Gasteiger partial charge in [0.15, 0.2) is 4.96 Å². The molecule has 0 bridgehead atoms. The number of nitrogens with zero attached hydrogens (tertiary/aromatic N) is 2. The number of nitrogens with one attached hydrogen (secondary N) is 1. The Morgan fingerprint density at radius 1 is 1.33 bits per heavy atom. The van der Waals surface area contributed by atoms with Gasteiger partial charge in [-0.25, -0.2) is 0 Å². The predicted molar refractivity (Wildman–Crippen MR) is 85.0 cm³/mol. The summed E-state index contributed by atoms with van der Waals surface area (Å²) in [4.78, 5) is 5.32. The zero-order chi connectivity index (χ0) is 14.8. The van der Waals surface area contributed by atoms with Crippen LogP contribution in [0.4, 0.5) is 5.69 Å². The Morgan fingerprint density at radius 2 is 2.19 bits per heavy atom. The number of imidazole rings is 1. The average molecular weight is 324 g/mol. The molecule has 0 aliphatic heterocycles. The number of ether oxygens (including phenoxy) is 2. The van der Waals surface area contributed by atoms with Crippen LogP contribution in [0, 0.1) is 0 Å². The summed E-state index contributed by atoms with van der Waals surface area (Å²) in [6, 6.07) is 5.49. The second-order valence-corrected chi connectivity index (χ2v) is 5.60. The molecule has 3 aromatic rings. The highest BCUT2D eigenvalue weighted by atomic mass is 35.5. The first-order valence-electron chi connectivity index (χ1n) is 6.28. The summed E-state index contributed by atoms with van der Waals surface area (Å²) < 4.78 is 12.5. The second-order valence-electron chi connectivity index (χ2n) is 4.32. The highest BCUT2D eigenvalue weighted by Crippen LogP contribution is 2.29. The number of rotatable bonds is 5. The van der Waals surface area contributed by atoms with Crippen molar-refractivity contribution in [1.82, 2.24) is 9.38 Å². The van der Waals surface area contributed by atoms with Crippen molar-refractivity contribution in [1.29, 1.82) is 0 Å². The lowest BCUT2D eigenvalue weighted by atomic mass is 10.3. The van der Waals surface area contributed by atoms with Gasteiger partial charge in [0, 0.05) is 17.6 Å². The van der Waals surface area contributed by atoms with Gasteiger partial charge in [0.05, 0.1) is 31.5 Å². The van der Waals surface area contributed by atoms with E-state index in [1.807, 2.05) is 28.1 Å². The molecule has 0 fully saturated rings. The van der Waals surface area contributed by atoms with Crippen LogP contribution in [-0.2, 0) is 6.54 Å². The average Bonchev–Trinajstić information content (AvgIpc) is 3.07. The summed E-state index contributed by atoms with van der Waals surface area (Å²) in [6.07, 6.45) is 1.97. The Hall–Kier alpha value is -1.92. The summed E-state index contributed by atoms with van der Waals surface area (Å²) in [6.45, 7) is 0.550. The minimum absolute atomic E-state index is 0.550. The molecule has 0 saturated carbocycles. The Kier molecular flexibility index (Phi) is 3.90. The molecule has 21 heavy (non-hydrogen) atoms. The van der Waals surface area contributed by atoms with Gasteiger partial charge in [-0.3, -0.25) is 4.40 Å². The number of hydrogen-bond donors (Lipinski definition) is 1. The lowest BCUT2D eigenvalue weighted by molar-refractivity contribution is 0.395. The maximum absolute atomic E-state index is 6.19. The Bertz CT molecular complexity index is 769. The van der Waals surface area contributed by atoms with Crippen LogP contribution in [0.3, 0.4) is 0 Å². The molecular formula is C14H14ClN3O2S. The normalized spacial score (nSPS) is 10.8. The van der Waals surface area contributed by atoms with E-state index in [2.05, 4.69) is 10.3 Å². The number of benzene rings is 1. The van der Waals surface area contributed by atoms with E-state index in [0.717, 1.165) is 22.1 Å². The second kappa shape index (κ2) is 5.83. The first kappa shape index (κ1) is 14.0. The Balaban J connectivity index is 1.87. The minimum Gasteiger partial charge on any atom is -0.497 e. The van der Waals surface area contributed by atoms with Crippen LogP contribution >= 0.6 is 22.9 Å². The van der Waals surface area contributed by atoms with Crippen LogP contribution in [0.5, 0.6) is 11.6 Å². The van der Waals surface area contributed by atoms with E-state index in [9.17, 15) is 0 Å². The molecular weight excluding hydrogens is 310 g/mol. The van der Waals surface area contributed by atoms with E-state index in [1.165, 1.54) is 0 Å². The molecule has 0 radical (unpaired) electrons. The largest absolute Gasteiger partial charge is 0.497 e. The number of aromatic nitrogens is 2. The fourth-order valence-electron chi connectivity index (χ4n) is 2.08. The molecule has 0 aliphatic rings. The number of hydrogen-bond acceptors (Lipinski definition) is 5. The summed E-state index contributed by atoms with van der Waals surface area (Å²) in [5.41, 5.74) is 1.76. The zero-order valence-corrected chi connectivity index (χ0v) is 13.2. The fourth-order valence-corrected chi connectivity index (χ4v) is 2.99. The van der Waals surface area contributed by atoms with Gasteiger partial charge in [-0.1, -0.05) is 11.6 Å². The molecule has 1 aromatic carbocycles. The summed E-state index contributed by atoms with van der Waals surface area (Å²) in [5.74, 6) is 1.37. The monoisotopic (exact) mass is 323 g/mol. The predicted octanol–water partition coefficient (Wildman–Crippen LogP) is 3.68. The highest BCUT2D eigenvalue weighted by Gasteiger charge is 2.14. The quantitative estimate of drug-likeness (QED) is 0.778. The lowest BCUT2D eigenvalue weighted by Gasteiger charge is -2.10. The summed E-state index contributed by atoms with van der Waals surface area (Å²) in [5, 5.41) is 5.93. The number of thiazole rings is 1. The van der Waals surface area contributed by atoms with Gasteiger partial charge in [-0.05, 0) is 12.1 Å². The van der Waals surface area contributed by atoms with Crippen molar-refractivity contribution in [3.63, 3.8) is 0 Å². The molecule has 3 rings (SSSR count). The zero-order valence-electron chi connectivity index (χ0n) is 11.6. The molecule has 1 N–H and O–H groups in total. The third-order valence-electron chi connectivity index (χ3n) is 3.14. The van der Waals surface area contributed by atoms with Crippen molar-refractivity contribution in [2.24, 2.45) is 0 Å². The third-order valence-corrected chi connectivity index (χ3v) is 4.22. The smallest absolute Gasteiger partial charge is 0.238 e. The van der Waals surface area contributed by atoms with Crippen molar-refractivity contribution in [3.05, 3.63) is 40.5 Å². The highest BCUT2D eigenvalue weighted by molar-refractivity contribution is 7.15. The third kappa shape index (κ3) is 2.64. The van der Waals surface area contributed by atoms with Gasteiger partial charge in [0.2, 0.25) is 5.88 Å². The number of anilines is 1. The van der Waals surface area contributed by atoms with Crippen molar-refractivity contribution in [2.75, 3.05) is 19.5 Å². The first-order valence-corrected chi connectivity index (χ1v) is 7.54. The lowest BCUT2D eigenvalue weighted by Crippen LogP contribution is -2.04. The number of methoxy groups -OCH3 is 2. The summed E-state index contributed by atoms with van der Waals surface area (Å²) >= 11 is 7.76. The minimum atomic E-state index is 0.550. The maximum Gasteiger partial charge on any atom is 0.238 e. The SMILES string of the molecule is COc1ccc(Cl)c(NCc2c(OC)nc3sccn23)c1. The van der Waals surface area contributed by atoms with Crippen LogP contribution in [-0.4, -0.2) is 23.6 Å². The molecule has 2 heterocycles. The van der Waals surface area contributed by atoms with E-state index in [4.69, 9.17) is 21.1 Å². The van der Waals surface area contributed by atoms with Crippen molar-refractivity contribution >= 4 is 33.6 Å². The van der Waals surface area contributed by atoms with E-state index < -0.39 is 0 Å². The van der Waals surface area contributed by atoms with Gasteiger partial charge in [-0.2, -0.15) is 4.98 Å². The first-order chi connectivity index (χ1) is 10.2. The number of halogens is 1. The molecule has 0 aliphatic carbocycles. The molecule has 0 spiro atoms. The molecule has 110 valence electrons. The van der Waals surface area contributed by atoms with Gasteiger partial charge < -0.3 is 14.8 Å². The van der Waals surface area contributed by atoms with Crippen LogP contribution in [0.15, 0.2) is 29.8 Å². The molecule has 0 unspecified atom stereocenters. The van der Waals surface area contributed by atoms with Gasteiger partial charge in [-0.15, -0.1) is 11.3 Å². The molecule has 0 saturated heterocycles. The van der Waals surface area contributed by atoms with E-state index in [1.54, 1.807) is 31.6 Å². The Labute approximate surface area is 131 Å². The van der Waals surface area contributed by atoms with Crippen LogP contribution in [0.2, 0.25) is 5.02 Å². The van der Waals surface area contributed by atoms with Crippen LogP contribution < -0.4 is 14.8 Å². The molecule has 5 nitrogen and oxygen atoms in total. The maximum atomic E-state index is 6.19. The fraction of sp³-hybridized carbons (Fsp3) is 0.214. The summed E-state index contributed by atoms with van der Waals surface area (Å²) in [7, 11) is 3.25. The topological polar surface area (TPSA) is 47.8 Å². The van der Waals surface area contributed by atoms with E-state index in [-0.39, 0.29) is 0 Å². The van der Waals surface area contributed by atoms with E-state index >= 15 is 0 Å². The van der Waals surface area contributed by atoms with Crippen molar-refractivity contribution in [3.8, 4) is 11.6 Å². The van der Waals surface area contributed by atoms with Crippen molar-refractivity contribution < 1.29 is 9.47 Å². The van der Waals surface area contributed by atoms with Crippen LogP contribution in [0.1, 0.15) is 5.69 Å². The van der Waals surface area contributed by atoms with Gasteiger partial charge in [0.25, 0.3) is 0 Å². The van der Waals surface area contributed by atoms with Crippen LogP contribution in [0.25, 0.3) is 4.96 Å². The van der Waals surface area contributed by atoms with Gasteiger partial charge >= 0.3 is 0 Å². The van der Waals surface area contributed by atoms with Crippen molar-refractivity contribution in [2.45, 2.75) is 6.54 Å². The van der Waals surface area contributed by atoms with Gasteiger partial charge in [0.1, 0.15) is 11.4 Å². The van der Waals surface area contributed by atoms with E-state index in [0.29, 0.717) is 17.4 Å². The molecule has 7 heteroatoms. The Morgan fingerprint density at radius 3 is 2.95 bits per heavy atom. The molecule has 2 aromatic heterocycles. The number of fused-ring (bicyclic) bond motifs is 1. The standard InChI is InChI=1S/C14H14ClN3O2S/c1-19-9-3-4-10(15)11(7-9)16-8-12-13(20-2)17-14-18(12)5-6-21-14/h3-7,16H,8H2,1-2H3. The molecule has 0 atom stereocenters. The molecule has 0 amide bonds.